The molecule has 0 bridgehead atoms. The molecule has 0 aliphatic carbocycles. The summed E-state index contributed by atoms with van der Waals surface area (Å²) in [6.07, 6.45) is 19.0. The standard InChI is InChI=1S/C16H33Cl3Si/c1-2-3-4-5-6-7-8-9-10-11-12-13-14-15-16(17)20(18)19/h16,20H,2-15H2,1H3. The van der Waals surface area contributed by atoms with Crippen LogP contribution < -0.4 is 0 Å². The molecule has 0 heterocycles. The summed E-state index contributed by atoms with van der Waals surface area (Å²) in [6.45, 7) is 2.28. The highest BCUT2D eigenvalue weighted by molar-refractivity contribution is 7.36. The Morgan fingerprint density at radius 3 is 1.35 bits per heavy atom. The Labute approximate surface area is 143 Å². The molecule has 122 valence electrons. The smallest absolute Gasteiger partial charge is 0.149 e. The molecule has 1 atom stereocenters. The van der Waals surface area contributed by atoms with E-state index in [0.29, 0.717) is 0 Å². The Hall–Kier alpha value is 1.09. The van der Waals surface area contributed by atoms with Crippen molar-refractivity contribution >= 4 is 41.2 Å². The van der Waals surface area contributed by atoms with E-state index in [1.807, 2.05) is 0 Å². The molecule has 20 heavy (non-hydrogen) atoms. The first kappa shape index (κ1) is 21.1. The highest BCUT2D eigenvalue weighted by Crippen LogP contribution is 2.18. The van der Waals surface area contributed by atoms with Crippen LogP contribution >= 0.6 is 33.8 Å². The summed E-state index contributed by atoms with van der Waals surface area (Å²) in [5.74, 6) is 0. The monoisotopic (exact) mass is 358 g/mol. The van der Waals surface area contributed by atoms with Crippen LogP contribution in [0.15, 0.2) is 0 Å². The average Bonchev–Trinajstić information content (AvgIpc) is 2.43. The van der Waals surface area contributed by atoms with Gasteiger partial charge in [-0.3, -0.25) is 0 Å². The van der Waals surface area contributed by atoms with Crippen LogP contribution in [0.3, 0.4) is 0 Å². The fourth-order valence-corrected chi connectivity index (χ4v) is 3.88. The predicted octanol–water partition coefficient (Wildman–Crippen LogP) is 7.31. The van der Waals surface area contributed by atoms with Gasteiger partial charge in [0.2, 0.25) is 0 Å². The largest absolute Gasteiger partial charge is 0.254 e. The van der Waals surface area contributed by atoms with Gasteiger partial charge in [0.1, 0.15) is 0 Å². The van der Waals surface area contributed by atoms with Gasteiger partial charge < -0.3 is 0 Å². The molecule has 0 saturated carbocycles. The summed E-state index contributed by atoms with van der Waals surface area (Å²) < 4.78 is 0. The van der Waals surface area contributed by atoms with Crippen LogP contribution in [0.5, 0.6) is 0 Å². The van der Waals surface area contributed by atoms with Crippen molar-refractivity contribution in [3.05, 3.63) is 0 Å². The van der Waals surface area contributed by atoms with Crippen LogP contribution in [0.4, 0.5) is 0 Å². The normalized spacial score (nSPS) is 13.1. The van der Waals surface area contributed by atoms with E-state index in [1.54, 1.807) is 0 Å². The minimum absolute atomic E-state index is 0.0611. The minimum Gasteiger partial charge on any atom is -0.149 e. The van der Waals surface area contributed by atoms with Crippen molar-refractivity contribution in [1.29, 1.82) is 0 Å². The van der Waals surface area contributed by atoms with Crippen LogP contribution in [0.25, 0.3) is 0 Å². The van der Waals surface area contributed by atoms with E-state index in [4.69, 9.17) is 33.8 Å². The third-order valence-corrected chi connectivity index (χ3v) is 8.31. The second-order valence-electron chi connectivity index (χ2n) is 5.88. The number of hydrogen-bond acceptors (Lipinski definition) is 0. The Kier molecular flexibility index (Phi) is 17.4. The summed E-state index contributed by atoms with van der Waals surface area (Å²) in [5.41, 5.74) is 0. The molecule has 0 saturated heterocycles. The molecule has 0 fully saturated rings. The maximum absolute atomic E-state index is 6.06. The highest BCUT2D eigenvalue weighted by atomic mass is 35.7. The molecular formula is C16H33Cl3Si. The molecule has 0 rings (SSSR count). The third kappa shape index (κ3) is 15.5. The Balaban J connectivity index is 3.03. The van der Waals surface area contributed by atoms with Gasteiger partial charge in [-0.25, -0.2) is 0 Å². The molecule has 0 N–H and O–H groups in total. The summed E-state index contributed by atoms with van der Waals surface area (Å²) >= 11 is 17.8. The Bertz CT molecular complexity index is 189. The average molecular weight is 360 g/mol. The van der Waals surface area contributed by atoms with Gasteiger partial charge in [-0.15, -0.1) is 33.8 Å². The number of unbranched alkanes of at least 4 members (excludes halogenated alkanes) is 12. The van der Waals surface area contributed by atoms with E-state index in [0.717, 1.165) is 6.42 Å². The summed E-state index contributed by atoms with van der Waals surface area (Å²) in [5, 5.41) is 0.0611. The Morgan fingerprint density at radius 2 is 1.00 bits per heavy atom. The number of halogens is 3. The summed E-state index contributed by atoms with van der Waals surface area (Å²) in [6, 6.07) is 0. The lowest BCUT2D eigenvalue weighted by Gasteiger charge is -2.08. The van der Waals surface area contributed by atoms with E-state index < -0.39 is 7.42 Å². The van der Waals surface area contributed by atoms with Gasteiger partial charge in [-0.1, -0.05) is 90.4 Å². The summed E-state index contributed by atoms with van der Waals surface area (Å²) in [4.78, 5) is 0. The Morgan fingerprint density at radius 1 is 0.650 bits per heavy atom. The zero-order valence-corrected chi connectivity index (χ0v) is 16.6. The van der Waals surface area contributed by atoms with Crippen LogP contribution in [0, 0.1) is 0 Å². The van der Waals surface area contributed by atoms with Crippen LogP contribution in [-0.2, 0) is 0 Å². The topological polar surface area (TPSA) is 0 Å². The first-order chi connectivity index (χ1) is 9.68. The van der Waals surface area contributed by atoms with Gasteiger partial charge in [0, 0.05) is 0 Å². The molecule has 1 unspecified atom stereocenters. The maximum atomic E-state index is 6.06. The zero-order valence-electron chi connectivity index (χ0n) is 13.2. The molecule has 0 nitrogen and oxygen atoms in total. The zero-order chi connectivity index (χ0) is 15.1. The van der Waals surface area contributed by atoms with Crippen LogP contribution in [-0.4, -0.2) is 12.4 Å². The third-order valence-electron chi connectivity index (χ3n) is 3.86. The van der Waals surface area contributed by atoms with Crippen LogP contribution in [0.2, 0.25) is 0 Å². The van der Waals surface area contributed by atoms with E-state index in [9.17, 15) is 0 Å². The molecule has 0 aliphatic heterocycles. The van der Waals surface area contributed by atoms with Crippen molar-refractivity contribution in [1.82, 2.24) is 0 Å². The first-order valence-corrected chi connectivity index (χ1v) is 13.2. The van der Waals surface area contributed by atoms with E-state index in [2.05, 4.69) is 6.92 Å². The number of rotatable bonds is 15. The van der Waals surface area contributed by atoms with Gasteiger partial charge in [-0.05, 0) is 6.42 Å². The molecule has 0 radical (unpaired) electrons. The predicted molar refractivity (Wildman–Crippen MR) is 98.8 cm³/mol. The van der Waals surface area contributed by atoms with Gasteiger partial charge in [0.15, 0.2) is 0 Å². The quantitative estimate of drug-likeness (QED) is 0.124. The number of alkyl halides is 1. The van der Waals surface area contributed by atoms with Crippen molar-refractivity contribution in [2.45, 2.75) is 102 Å². The molecule has 0 spiro atoms. The van der Waals surface area contributed by atoms with Gasteiger partial charge in [-0.2, -0.15) is 0 Å². The van der Waals surface area contributed by atoms with E-state index >= 15 is 0 Å². The molecule has 4 heteroatoms. The van der Waals surface area contributed by atoms with Crippen molar-refractivity contribution in [3.8, 4) is 0 Å². The van der Waals surface area contributed by atoms with Crippen molar-refractivity contribution < 1.29 is 0 Å². The van der Waals surface area contributed by atoms with Crippen molar-refractivity contribution in [2.24, 2.45) is 0 Å². The lowest BCUT2D eigenvalue weighted by atomic mass is 10.0. The van der Waals surface area contributed by atoms with Crippen molar-refractivity contribution in [2.75, 3.05) is 0 Å². The van der Waals surface area contributed by atoms with Crippen LogP contribution in [0.1, 0.15) is 96.8 Å². The second-order valence-corrected chi connectivity index (χ2v) is 11.8. The van der Waals surface area contributed by atoms with Gasteiger partial charge in [0.05, 0.1) is 5.00 Å². The molecule has 0 aliphatic rings. The fraction of sp³-hybridized carbons (Fsp3) is 1.00. The lowest BCUT2D eigenvalue weighted by molar-refractivity contribution is 0.537. The number of hydrogen-bond donors (Lipinski definition) is 0. The molecule has 0 aromatic rings. The lowest BCUT2D eigenvalue weighted by Crippen LogP contribution is -2.12. The van der Waals surface area contributed by atoms with E-state index in [1.165, 1.54) is 83.5 Å². The first-order valence-electron chi connectivity index (χ1n) is 8.60. The van der Waals surface area contributed by atoms with E-state index in [-0.39, 0.29) is 5.00 Å². The summed E-state index contributed by atoms with van der Waals surface area (Å²) in [7, 11) is -1.64. The SMILES string of the molecule is CCCCCCCCCCCCCCCC(Cl)[SiH](Cl)Cl. The van der Waals surface area contributed by atoms with Gasteiger partial charge in [0.25, 0.3) is 7.42 Å². The fourth-order valence-electron chi connectivity index (χ4n) is 2.48. The maximum Gasteiger partial charge on any atom is 0.254 e. The minimum atomic E-state index is -1.64. The van der Waals surface area contributed by atoms with Crippen molar-refractivity contribution in [3.63, 3.8) is 0 Å². The molecular weight excluding hydrogens is 327 g/mol. The second kappa shape index (κ2) is 16.5. The molecule has 0 amide bonds. The molecule has 0 aromatic heterocycles. The molecule has 0 aromatic carbocycles. The van der Waals surface area contributed by atoms with Gasteiger partial charge >= 0.3 is 0 Å². The highest BCUT2D eigenvalue weighted by Gasteiger charge is 2.14.